The third-order valence-electron chi connectivity index (χ3n) is 4.17. The predicted molar refractivity (Wildman–Crippen MR) is 85.6 cm³/mol. The summed E-state index contributed by atoms with van der Waals surface area (Å²) in [5.74, 6) is 0.696. The van der Waals surface area contributed by atoms with E-state index in [-0.39, 0.29) is 0 Å². The zero-order chi connectivity index (χ0) is 15.9. The largest absolute Gasteiger partial charge is 0.497 e. The van der Waals surface area contributed by atoms with E-state index in [1.807, 2.05) is 18.2 Å². The maximum absolute atomic E-state index is 11.6. The number of methoxy groups -OCH3 is 2. The van der Waals surface area contributed by atoms with Crippen molar-refractivity contribution in [2.75, 3.05) is 14.2 Å². The van der Waals surface area contributed by atoms with Crippen LogP contribution in [0.15, 0.2) is 29.3 Å². The number of hydrogen-bond acceptors (Lipinski definition) is 3. The number of carbonyl (C=O) groups is 1. The molecule has 4 nitrogen and oxygen atoms in total. The molecule has 0 radical (unpaired) electrons. The Morgan fingerprint density at radius 2 is 1.59 bits per heavy atom. The van der Waals surface area contributed by atoms with Gasteiger partial charge >= 0.3 is 5.97 Å². The molecule has 2 rings (SSSR count). The Hall–Kier alpha value is -1.97. The maximum atomic E-state index is 11.6. The van der Waals surface area contributed by atoms with E-state index in [0.717, 1.165) is 48.3 Å². The molecule has 1 aliphatic rings. The van der Waals surface area contributed by atoms with Crippen LogP contribution in [0.25, 0.3) is 0 Å². The van der Waals surface area contributed by atoms with Crippen molar-refractivity contribution in [3.8, 4) is 11.5 Å². The molecular formula is C18H24O4. The van der Waals surface area contributed by atoms with Crippen LogP contribution in [-0.4, -0.2) is 25.3 Å². The first-order chi connectivity index (χ1) is 10.6. The van der Waals surface area contributed by atoms with Gasteiger partial charge in [-0.3, -0.25) is 0 Å². The number of allylic oxidation sites excluding steroid dienone is 1. The molecule has 0 bridgehead atoms. The summed E-state index contributed by atoms with van der Waals surface area (Å²) in [6.07, 6.45) is 6.51. The Kier molecular flexibility index (Phi) is 5.87. The SMILES string of the molecule is COc1cc(CC2=C(C(=O)O)CCCCCC2)cc(OC)c1. The number of carboxylic acids is 1. The zero-order valence-corrected chi connectivity index (χ0v) is 13.4. The van der Waals surface area contributed by atoms with Crippen LogP contribution in [-0.2, 0) is 11.2 Å². The van der Waals surface area contributed by atoms with Crippen molar-refractivity contribution in [1.29, 1.82) is 0 Å². The van der Waals surface area contributed by atoms with Gasteiger partial charge in [0.05, 0.1) is 14.2 Å². The van der Waals surface area contributed by atoms with Crippen LogP contribution in [0.1, 0.15) is 44.1 Å². The summed E-state index contributed by atoms with van der Waals surface area (Å²) in [6.45, 7) is 0. The van der Waals surface area contributed by atoms with Gasteiger partial charge in [0, 0.05) is 11.6 Å². The summed E-state index contributed by atoms with van der Waals surface area (Å²) in [5.41, 5.74) is 2.68. The molecular weight excluding hydrogens is 280 g/mol. The molecule has 0 heterocycles. The summed E-state index contributed by atoms with van der Waals surface area (Å²) in [7, 11) is 3.24. The number of ether oxygens (including phenoxy) is 2. The Labute approximate surface area is 131 Å². The molecule has 1 aliphatic carbocycles. The monoisotopic (exact) mass is 304 g/mol. The molecule has 120 valence electrons. The van der Waals surface area contributed by atoms with Crippen LogP contribution in [0, 0.1) is 0 Å². The predicted octanol–water partition coefficient (Wildman–Crippen LogP) is 3.98. The first kappa shape index (κ1) is 16.4. The molecule has 1 N–H and O–H groups in total. The van der Waals surface area contributed by atoms with Crippen molar-refractivity contribution in [2.24, 2.45) is 0 Å². The van der Waals surface area contributed by atoms with Gasteiger partial charge in [-0.15, -0.1) is 0 Å². The van der Waals surface area contributed by atoms with Crippen LogP contribution in [0.5, 0.6) is 11.5 Å². The highest BCUT2D eigenvalue weighted by Gasteiger charge is 2.17. The van der Waals surface area contributed by atoms with Gasteiger partial charge in [0.15, 0.2) is 0 Å². The molecule has 0 saturated carbocycles. The Balaban J connectivity index is 2.32. The number of rotatable bonds is 5. The second kappa shape index (κ2) is 7.87. The van der Waals surface area contributed by atoms with Gasteiger partial charge in [-0.1, -0.05) is 18.4 Å². The van der Waals surface area contributed by atoms with E-state index in [0.29, 0.717) is 18.4 Å². The second-order valence-corrected chi connectivity index (χ2v) is 5.70. The number of carboxylic acid groups (broad SMARTS) is 1. The van der Waals surface area contributed by atoms with Crippen molar-refractivity contribution < 1.29 is 19.4 Å². The molecule has 0 aliphatic heterocycles. The van der Waals surface area contributed by atoms with Gasteiger partial charge in [0.1, 0.15) is 11.5 Å². The summed E-state index contributed by atoms with van der Waals surface area (Å²) < 4.78 is 10.6. The molecule has 0 fully saturated rings. The van der Waals surface area contributed by atoms with Gasteiger partial charge in [0.2, 0.25) is 0 Å². The van der Waals surface area contributed by atoms with Crippen LogP contribution in [0.3, 0.4) is 0 Å². The third kappa shape index (κ3) is 4.26. The highest BCUT2D eigenvalue weighted by Crippen LogP contribution is 2.29. The minimum atomic E-state index is -0.772. The topological polar surface area (TPSA) is 55.8 Å². The van der Waals surface area contributed by atoms with Crippen LogP contribution < -0.4 is 9.47 Å². The van der Waals surface area contributed by atoms with E-state index >= 15 is 0 Å². The third-order valence-corrected chi connectivity index (χ3v) is 4.17. The Morgan fingerprint density at radius 3 is 2.14 bits per heavy atom. The summed E-state index contributed by atoms with van der Waals surface area (Å²) in [6, 6.07) is 5.73. The van der Waals surface area contributed by atoms with Crippen molar-refractivity contribution >= 4 is 5.97 Å². The van der Waals surface area contributed by atoms with Gasteiger partial charge < -0.3 is 14.6 Å². The number of aliphatic carboxylic acids is 1. The lowest BCUT2D eigenvalue weighted by Gasteiger charge is -2.17. The first-order valence-electron chi connectivity index (χ1n) is 7.80. The van der Waals surface area contributed by atoms with E-state index in [9.17, 15) is 9.90 Å². The number of hydrogen-bond donors (Lipinski definition) is 1. The van der Waals surface area contributed by atoms with Crippen LogP contribution in [0.4, 0.5) is 0 Å². The van der Waals surface area contributed by atoms with Crippen molar-refractivity contribution in [3.63, 3.8) is 0 Å². The lowest BCUT2D eigenvalue weighted by molar-refractivity contribution is -0.132. The minimum Gasteiger partial charge on any atom is -0.497 e. The molecule has 0 saturated heterocycles. The van der Waals surface area contributed by atoms with Crippen molar-refractivity contribution in [3.05, 3.63) is 34.9 Å². The molecule has 0 aromatic heterocycles. The fourth-order valence-corrected chi connectivity index (χ4v) is 2.99. The summed E-state index contributed by atoms with van der Waals surface area (Å²) in [4.78, 5) is 11.6. The summed E-state index contributed by atoms with van der Waals surface area (Å²) >= 11 is 0. The van der Waals surface area contributed by atoms with Gasteiger partial charge in [-0.25, -0.2) is 4.79 Å². The van der Waals surface area contributed by atoms with E-state index < -0.39 is 5.97 Å². The van der Waals surface area contributed by atoms with E-state index in [1.54, 1.807) is 14.2 Å². The quantitative estimate of drug-likeness (QED) is 0.894. The van der Waals surface area contributed by atoms with E-state index in [1.165, 1.54) is 6.42 Å². The number of benzene rings is 1. The average molecular weight is 304 g/mol. The van der Waals surface area contributed by atoms with Crippen LogP contribution in [0.2, 0.25) is 0 Å². The van der Waals surface area contributed by atoms with E-state index in [2.05, 4.69) is 0 Å². The lowest BCUT2D eigenvalue weighted by Crippen LogP contribution is -2.09. The minimum absolute atomic E-state index is 0.599. The highest BCUT2D eigenvalue weighted by atomic mass is 16.5. The summed E-state index contributed by atoms with van der Waals surface area (Å²) in [5, 5.41) is 9.50. The zero-order valence-electron chi connectivity index (χ0n) is 13.4. The smallest absolute Gasteiger partial charge is 0.331 e. The first-order valence-corrected chi connectivity index (χ1v) is 7.80. The fraction of sp³-hybridized carbons (Fsp3) is 0.500. The molecule has 4 heteroatoms. The van der Waals surface area contributed by atoms with Gasteiger partial charge in [0.25, 0.3) is 0 Å². The molecule has 0 unspecified atom stereocenters. The standard InChI is InChI=1S/C18H24O4/c1-21-15-10-13(11-16(12-15)22-2)9-14-7-5-3-4-6-8-17(14)18(19)20/h10-12H,3-9H2,1-2H3,(H,19,20). The van der Waals surface area contributed by atoms with Gasteiger partial charge in [-0.05, 0) is 49.8 Å². The molecule has 1 aromatic rings. The normalized spacial score (nSPS) is 15.9. The molecule has 1 aromatic carbocycles. The van der Waals surface area contributed by atoms with Crippen molar-refractivity contribution in [1.82, 2.24) is 0 Å². The highest BCUT2D eigenvalue weighted by molar-refractivity contribution is 5.87. The lowest BCUT2D eigenvalue weighted by atomic mass is 9.89. The molecule has 22 heavy (non-hydrogen) atoms. The molecule has 0 amide bonds. The van der Waals surface area contributed by atoms with Gasteiger partial charge in [-0.2, -0.15) is 0 Å². The molecule has 0 spiro atoms. The Bertz CT molecular complexity index is 538. The van der Waals surface area contributed by atoms with E-state index in [4.69, 9.17) is 9.47 Å². The second-order valence-electron chi connectivity index (χ2n) is 5.70. The maximum Gasteiger partial charge on any atom is 0.331 e. The average Bonchev–Trinajstić information content (AvgIpc) is 2.49. The molecule has 0 atom stereocenters. The van der Waals surface area contributed by atoms with Crippen molar-refractivity contribution in [2.45, 2.75) is 44.9 Å². The van der Waals surface area contributed by atoms with Crippen LogP contribution >= 0.6 is 0 Å². The Morgan fingerprint density at radius 1 is 1.00 bits per heavy atom. The fourth-order valence-electron chi connectivity index (χ4n) is 2.99.